The summed E-state index contributed by atoms with van der Waals surface area (Å²) in [6.45, 7) is -0.348. The van der Waals surface area contributed by atoms with Gasteiger partial charge in [-0.3, -0.25) is 0 Å². The van der Waals surface area contributed by atoms with Crippen molar-refractivity contribution in [1.82, 2.24) is 14.5 Å². The Hall–Kier alpha value is -1.19. The molecule has 2 aromatic rings. The zero-order valence-corrected chi connectivity index (χ0v) is 11.6. The van der Waals surface area contributed by atoms with Gasteiger partial charge in [-0.25, -0.2) is 9.97 Å². The van der Waals surface area contributed by atoms with Crippen LogP contribution in [0.3, 0.4) is 0 Å². The molecule has 1 aliphatic heterocycles. The van der Waals surface area contributed by atoms with Crippen LogP contribution >= 0.6 is 11.8 Å². The molecule has 3 heterocycles. The quantitative estimate of drug-likeness (QED) is 0.531. The lowest BCUT2D eigenvalue weighted by molar-refractivity contribution is -0.0508. The summed E-state index contributed by atoms with van der Waals surface area (Å²) in [6, 6.07) is 1.84. The largest absolute Gasteiger partial charge is 0.394 e. The number of hydrogen-bond acceptors (Lipinski definition) is 7. The zero-order valence-electron chi connectivity index (χ0n) is 10.7. The maximum absolute atomic E-state index is 10.1. The Kier molecular flexibility index (Phi) is 3.65. The molecule has 1 saturated heterocycles. The number of aliphatic hydroxyl groups excluding tert-OH is 3. The van der Waals surface area contributed by atoms with Crippen molar-refractivity contribution < 1.29 is 20.1 Å². The fourth-order valence-electron chi connectivity index (χ4n) is 2.43. The smallest absolute Gasteiger partial charge is 0.164 e. The molecule has 0 radical (unpaired) electrons. The van der Waals surface area contributed by atoms with Gasteiger partial charge in [-0.2, -0.15) is 0 Å². The van der Waals surface area contributed by atoms with E-state index < -0.39 is 24.5 Å². The normalized spacial score (nSPS) is 30.2. The summed E-state index contributed by atoms with van der Waals surface area (Å²) in [6.07, 6.45) is 1.30. The van der Waals surface area contributed by atoms with Crippen LogP contribution in [0, 0.1) is 0 Å². The second-order valence-corrected chi connectivity index (χ2v) is 5.37. The Labute approximate surface area is 119 Å². The number of aliphatic hydroxyl groups is 3. The molecule has 1 unspecified atom stereocenters. The average Bonchev–Trinajstić information content (AvgIpc) is 3.01. The predicted molar refractivity (Wildman–Crippen MR) is 72.3 cm³/mol. The van der Waals surface area contributed by atoms with E-state index in [-0.39, 0.29) is 6.61 Å². The van der Waals surface area contributed by atoms with Crippen LogP contribution in [0.5, 0.6) is 0 Å². The number of nitrogens with zero attached hydrogens (tertiary/aromatic N) is 3. The summed E-state index contributed by atoms with van der Waals surface area (Å²) in [4.78, 5) is 8.38. The van der Waals surface area contributed by atoms with Crippen LogP contribution in [0.1, 0.15) is 6.23 Å². The fourth-order valence-corrected chi connectivity index (χ4v) is 2.96. The van der Waals surface area contributed by atoms with E-state index in [0.717, 1.165) is 10.4 Å². The maximum atomic E-state index is 10.1. The molecule has 3 rings (SSSR count). The van der Waals surface area contributed by atoms with Crippen molar-refractivity contribution in [3.63, 3.8) is 0 Å². The molecule has 1 aliphatic rings. The van der Waals surface area contributed by atoms with Crippen molar-refractivity contribution >= 4 is 22.8 Å². The molecule has 3 N–H and O–H groups in total. The Balaban J connectivity index is 2.03. The van der Waals surface area contributed by atoms with Gasteiger partial charge in [0.2, 0.25) is 0 Å². The predicted octanol–water partition coefficient (Wildman–Crippen LogP) is -0.235. The minimum atomic E-state index is -1.12. The number of fused-ring (bicyclic) bond motifs is 1. The van der Waals surface area contributed by atoms with Gasteiger partial charge >= 0.3 is 0 Å². The minimum Gasteiger partial charge on any atom is -0.394 e. The molecule has 0 bridgehead atoms. The number of hydrogen-bond donors (Lipinski definition) is 3. The molecule has 0 aliphatic carbocycles. The molecule has 0 amide bonds. The summed E-state index contributed by atoms with van der Waals surface area (Å²) in [5.74, 6) is 0. The molecule has 20 heavy (non-hydrogen) atoms. The van der Waals surface area contributed by atoms with Crippen LogP contribution < -0.4 is 0 Å². The summed E-state index contributed by atoms with van der Waals surface area (Å²) in [7, 11) is 0. The van der Waals surface area contributed by atoms with Crippen LogP contribution in [0.15, 0.2) is 23.6 Å². The van der Waals surface area contributed by atoms with Gasteiger partial charge in [0, 0.05) is 6.20 Å². The molecule has 0 spiro atoms. The summed E-state index contributed by atoms with van der Waals surface area (Å²) < 4.78 is 7.16. The number of thioether (sulfide) groups is 1. The Bertz CT molecular complexity index is 620. The van der Waals surface area contributed by atoms with Crippen molar-refractivity contribution in [2.24, 2.45) is 0 Å². The Morgan fingerprint density at radius 3 is 2.80 bits per heavy atom. The summed E-state index contributed by atoms with van der Waals surface area (Å²) in [5.41, 5.74) is 0.624. The van der Waals surface area contributed by atoms with Crippen molar-refractivity contribution in [3.05, 3.63) is 18.6 Å². The summed E-state index contributed by atoms with van der Waals surface area (Å²) in [5, 5.41) is 30.7. The molecule has 7 nitrogen and oxygen atoms in total. The second-order valence-electron chi connectivity index (χ2n) is 4.57. The van der Waals surface area contributed by atoms with Gasteiger partial charge in [0.25, 0.3) is 0 Å². The number of aromatic nitrogens is 3. The topological polar surface area (TPSA) is 101 Å². The second kappa shape index (κ2) is 5.30. The average molecular weight is 297 g/mol. The molecule has 0 saturated carbocycles. The van der Waals surface area contributed by atoms with Crippen LogP contribution in [-0.4, -0.2) is 61.0 Å². The highest BCUT2D eigenvalue weighted by Crippen LogP contribution is 2.33. The molecular formula is C12H15N3O4S. The van der Waals surface area contributed by atoms with Gasteiger partial charge in [-0.15, -0.1) is 11.8 Å². The molecular weight excluding hydrogens is 282 g/mol. The third kappa shape index (κ3) is 2.00. The van der Waals surface area contributed by atoms with E-state index in [1.54, 1.807) is 10.8 Å². The molecule has 108 valence electrons. The van der Waals surface area contributed by atoms with Crippen molar-refractivity contribution in [1.29, 1.82) is 0 Å². The SMILES string of the molecule is CSc1ncnc2c1ccn2[C@@H]1O[C@H](CO)C(O)[C@H]1O. The minimum absolute atomic E-state index is 0.348. The van der Waals surface area contributed by atoms with Gasteiger partial charge < -0.3 is 24.6 Å². The Morgan fingerprint density at radius 1 is 1.35 bits per heavy atom. The van der Waals surface area contributed by atoms with E-state index in [2.05, 4.69) is 9.97 Å². The van der Waals surface area contributed by atoms with E-state index in [1.165, 1.54) is 18.1 Å². The monoisotopic (exact) mass is 297 g/mol. The third-order valence-electron chi connectivity index (χ3n) is 3.46. The summed E-state index contributed by atoms with van der Waals surface area (Å²) >= 11 is 1.50. The van der Waals surface area contributed by atoms with Crippen molar-refractivity contribution in [3.8, 4) is 0 Å². The highest BCUT2D eigenvalue weighted by molar-refractivity contribution is 7.98. The van der Waals surface area contributed by atoms with Gasteiger partial charge in [0.05, 0.1) is 12.0 Å². The standard InChI is InChI=1S/C12H15N3O4S/c1-20-11-6-2-3-15(10(6)13-5-14-11)12-9(18)8(17)7(4-16)19-12/h2-3,5,7-9,12,16-18H,4H2,1H3/t7-,8?,9-,12-/m1/s1. The molecule has 0 aromatic carbocycles. The lowest BCUT2D eigenvalue weighted by atomic mass is 10.1. The first-order valence-electron chi connectivity index (χ1n) is 6.15. The van der Waals surface area contributed by atoms with Gasteiger partial charge in [0.1, 0.15) is 35.3 Å². The van der Waals surface area contributed by atoms with Crippen LogP contribution in [0.4, 0.5) is 0 Å². The van der Waals surface area contributed by atoms with E-state index in [4.69, 9.17) is 9.84 Å². The van der Waals surface area contributed by atoms with E-state index >= 15 is 0 Å². The first-order chi connectivity index (χ1) is 9.67. The zero-order chi connectivity index (χ0) is 14.3. The van der Waals surface area contributed by atoms with Gasteiger partial charge in [-0.05, 0) is 12.3 Å². The van der Waals surface area contributed by atoms with Gasteiger partial charge in [0.15, 0.2) is 6.23 Å². The number of ether oxygens (including phenoxy) is 1. The number of rotatable bonds is 3. The maximum Gasteiger partial charge on any atom is 0.164 e. The molecule has 1 fully saturated rings. The van der Waals surface area contributed by atoms with Crippen LogP contribution in [0.25, 0.3) is 11.0 Å². The van der Waals surface area contributed by atoms with E-state index in [9.17, 15) is 10.2 Å². The first-order valence-corrected chi connectivity index (χ1v) is 7.38. The van der Waals surface area contributed by atoms with E-state index in [0.29, 0.717) is 5.65 Å². The first kappa shape index (κ1) is 13.8. The van der Waals surface area contributed by atoms with Crippen LogP contribution in [0.2, 0.25) is 0 Å². The van der Waals surface area contributed by atoms with Crippen molar-refractivity contribution in [2.45, 2.75) is 29.6 Å². The van der Waals surface area contributed by atoms with E-state index in [1.807, 2.05) is 12.3 Å². The molecule has 2 aromatic heterocycles. The van der Waals surface area contributed by atoms with Gasteiger partial charge in [-0.1, -0.05) is 0 Å². The van der Waals surface area contributed by atoms with Crippen LogP contribution in [-0.2, 0) is 4.74 Å². The highest BCUT2D eigenvalue weighted by Gasteiger charge is 2.43. The lowest BCUT2D eigenvalue weighted by Gasteiger charge is -2.17. The molecule has 8 heteroatoms. The molecule has 4 atom stereocenters. The lowest BCUT2D eigenvalue weighted by Crippen LogP contribution is -2.33. The van der Waals surface area contributed by atoms with Crippen molar-refractivity contribution in [2.75, 3.05) is 12.9 Å². The third-order valence-corrected chi connectivity index (χ3v) is 4.17. The Morgan fingerprint density at radius 2 is 2.15 bits per heavy atom. The fraction of sp³-hybridized carbons (Fsp3) is 0.500. The highest BCUT2D eigenvalue weighted by atomic mass is 32.2.